The van der Waals surface area contributed by atoms with E-state index in [1.54, 1.807) is 0 Å². The van der Waals surface area contributed by atoms with Gasteiger partial charge in [-0.05, 0) is 37.8 Å². The van der Waals surface area contributed by atoms with E-state index in [0.29, 0.717) is 0 Å². The van der Waals surface area contributed by atoms with Gasteiger partial charge in [0.15, 0.2) is 0 Å². The predicted molar refractivity (Wildman–Crippen MR) is 62.3 cm³/mol. The van der Waals surface area contributed by atoms with Gasteiger partial charge in [0, 0.05) is 12.6 Å². The van der Waals surface area contributed by atoms with Gasteiger partial charge >= 0.3 is 0 Å². The van der Waals surface area contributed by atoms with Crippen LogP contribution in [0.25, 0.3) is 0 Å². The molecule has 0 aromatic rings. The molecule has 0 saturated heterocycles. The fraction of sp³-hybridized carbons (Fsp3) is 1.00. The van der Waals surface area contributed by atoms with E-state index in [1.807, 2.05) is 0 Å². The molecule has 1 rings (SSSR count). The Bertz CT molecular complexity index is 156. The Labute approximate surface area is 88.8 Å². The molecule has 2 N–H and O–H groups in total. The zero-order chi connectivity index (χ0) is 10.6. The average Bonchev–Trinajstić information content (AvgIpc) is 2.15. The van der Waals surface area contributed by atoms with Crippen molar-refractivity contribution >= 4 is 0 Å². The highest BCUT2D eigenvalue weighted by Crippen LogP contribution is 2.31. The van der Waals surface area contributed by atoms with E-state index in [1.165, 1.54) is 32.4 Å². The van der Waals surface area contributed by atoms with Crippen LogP contribution in [0, 0.1) is 11.8 Å². The Morgan fingerprint density at radius 1 is 1.36 bits per heavy atom. The maximum absolute atomic E-state index is 5.75. The molecule has 14 heavy (non-hydrogen) atoms. The van der Waals surface area contributed by atoms with Crippen molar-refractivity contribution in [3.63, 3.8) is 0 Å². The predicted octanol–water partition coefficient (Wildman–Crippen LogP) is 2.09. The average molecular weight is 198 g/mol. The molecule has 3 atom stereocenters. The summed E-state index contributed by atoms with van der Waals surface area (Å²) in [4.78, 5) is 2.63. The Balaban J connectivity index is 2.37. The van der Waals surface area contributed by atoms with E-state index >= 15 is 0 Å². The van der Waals surface area contributed by atoms with Crippen molar-refractivity contribution in [2.24, 2.45) is 17.6 Å². The van der Waals surface area contributed by atoms with Crippen molar-refractivity contribution in [3.8, 4) is 0 Å². The quantitative estimate of drug-likeness (QED) is 0.708. The van der Waals surface area contributed by atoms with E-state index in [-0.39, 0.29) is 0 Å². The summed E-state index contributed by atoms with van der Waals surface area (Å²) in [6.07, 6.45) is 4.00. The molecule has 2 heteroatoms. The Morgan fingerprint density at radius 2 is 2.07 bits per heavy atom. The van der Waals surface area contributed by atoms with Crippen LogP contribution < -0.4 is 5.73 Å². The summed E-state index contributed by atoms with van der Waals surface area (Å²) >= 11 is 0. The van der Waals surface area contributed by atoms with Crippen LogP contribution in [0.1, 0.15) is 40.0 Å². The van der Waals surface area contributed by atoms with E-state index < -0.39 is 0 Å². The topological polar surface area (TPSA) is 29.3 Å². The van der Waals surface area contributed by atoms with Crippen LogP contribution in [0.5, 0.6) is 0 Å². The summed E-state index contributed by atoms with van der Waals surface area (Å²) in [6.45, 7) is 10.2. The van der Waals surface area contributed by atoms with Crippen LogP contribution in [-0.2, 0) is 0 Å². The third kappa shape index (κ3) is 2.71. The molecule has 84 valence electrons. The molecule has 0 aromatic heterocycles. The van der Waals surface area contributed by atoms with Gasteiger partial charge < -0.3 is 10.6 Å². The molecule has 1 aliphatic carbocycles. The first-order valence-electron chi connectivity index (χ1n) is 6.17. The van der Waals surface area contributed by atoms with Gasteiger partial charge in [-0.1, -0.05) is 27.2 Å². The fourth-order valence-electron chi connectivity index (χ4n) is 2.34. The largest absolute Gasteiger partial charge is 0.330 e. The third-order valence-electron chi connectivity index (χ3n) is 3.80. The van der Waals surface area contributed by atoms with Gasteiger partial charge in [-0.3, -0.25) is 0 Å². The number of hydrogen-bond acceptors (Lipinski definition) is 2. The summed E-state index contributed by atoms with van der Waals surface area (Å²) in [5.41, 5.74) is 5.75. The van der Waals surface area contributed by atoms with E-state index in [0.717, 1.165) is 24.4 Å². The minimum absolute atomic E-state index is 0.777. The molecule has 0 radical (unpaired) electrons. The second-order valence-corrected chi connectivity index (χ2v) is 4.74. The molecule has 1 aliphatic rings. The Kier molecular flexibility index (Phi) is 4.90. The van der Waals surface area contributed by atoms with Crippen molar-refractivity contribution in [3.05, 3.63) is 0 Å². The van der Waals surface area contributed by atoms with Crippen LogP contribution in [0.3, 0.4) is 0 Å². The smallest absolute Gasteiger partial charge is 0.0136 e. The first-order chi connectivity index (χ1) is 6.72. The first kappa shape index (κ1) is 12.0. The number of nitrogens with zero attached hydrogens (tertiary/aromatic N) is 1. The highest BCUT2D eigenvalue weighted by Gasteiger charge is 2.33. The zero-order valence-corrected chi connectivity index (χ0v) is 10.00. The lowest BCUT2D eigenvalue weighted by molar-refractivity contribution is 0.0592. The first-order valence-corrected chi connectivity index (χ1v) is 6.17. The molecule has 0 spiro atoms. The number of nitrogens with two attached hydrogens (primary N) is 1. The van der Waals surface area contributed by atoms with Crippen molar-refractivity contribution in [1.82, 2.24) is 4.90 Å². The third-order valence-corrected chi connectivity index (χ3v) is 3.80. The van der Waals surface area contributed by atoms with Gasteiger partial charge in [0.1, 0.15) is 0 Å². The van der Waals surface area contributed by atoms with Crippen LogP contribution in [-0.4, -0.2) is 30.6 Å². The molecule has 0 aliphatic heterocycles. The van der Waals surface area contributed by atoms with Gasteiger partial charge in [0.25, 0.3) is 0 Å². The molecule has 0 aromatic carbocycles. The van der Waals surface area contributed by atoms with Crippen molar-refractivity contribution in [2.75, 3.05) is 19.6 Å². The second-order valence-electron chi connectivity index (χ2n) is 4.74. The van der Waals surface area contributed by atoms with Gasteiger partial charge in [-0.25, -0.2) is 0 Å². The molecule has 3 unspecified atom stereocenters. The lowest BCUT2D eigenvalue weighted by atomic mass is 9.78. The lowest BCUT2D eigenvalue weighted by Crippen LogP contribution is -2.50. The van der Waals surface area contributed by atoms with Crippen molar-refractivity contribution in [1.29, 1.82) is 0 Å². The highest BCUT2D eigenvalue weighted by molar-refractivity contribution is 4.89. The van der Waals surface area contributed by atoms with Crippen LogP contribution in [0.4, 0.5) is 0 Å². The number of rotatable bonds is 6. The fourth-order valence-corrected chi connectivity index (χ4v) is 2.34. The zero-order valence-electron chi connectivity index (χ0n) is 10.00. The Hall–Kier alpha value is -0.0800. The molecular formula is C12H26N2. The molecule has 1 fully saturated rings. The minimum atomic E-state index is 0.777. The SMILES string of the molecule is CCC(C)CN(CC)C1CCC1CN. The molecule has 0 bridgehead atoms. The van der Waals surface area contributed by atoms with E-state index in [2.05, 4.69) is 25.7 Å². The van der Waals surface area contributed by atoms with Gasteiger partial charge in [0.2, 0.25) is 0 Å². The van der Waals surface area contributed by atoms with Gasteiger partial charge in [-0.15, -0.1) is 0 Å². The molecular weight excluding hydrogens is 172 g/mol. The van der Waals surface area contributed by atoms with Crippen molar-refractivity contribution < 1.29 is 0 Å². The summed E-state index contributed by atoms with van der Waals surface area (Å²) in [5, 5.41) is 0. The summed E-state index contributed by atoms with van der Waals surface area (Å²) < 4.78 is 0. The Morgan fingerprint density at radius 3 is 2.43 bits per heavy atom. The second kappa shape index (κ2) is 5.72. The minimum Gasteiger partial charge on any atom is -0.330 e. The molecule has 1 saturated carbocycles. The van der Waals surface area contributed by atoms with Crippen LogP contribution >= 0.6 is 0 Å². The van der Waals surface area contributed by atoms with Gasteiger partial charge in [0.05, 0.1) is 0 Å². The summed E-state index contributed by atoms with van der Waals surface area (Å²) in [6, 6.07) is 0.791. The molecule has 2 nitrogen and oxygen atoms in total. The molecule has 0 amide bonds. The summed E-state index contributed by atoms with van der Waals surface area (Å²) in [5.74, 6) is 1.60. The van der Waals surface area contributed by atoms with E-state index in [4.69, 9.17) is 5.73 Å². The lowest BCUT2D eigenvalue weighted by Gasteiger charge is -2.44. The highest BCUT2D eigenvalue weighted by atomic mass is 15.2. The maximum atomic E-state index is 5.75. The van der Waals surface area contributed by atoms with Gasteiger partial charge in [-0.2, -0.15) is 0 Å². The van der Waals surface area contributed by atoms with Crippen LogP contribution in [0.2, 0.25) is 0 Å². The van der Waals surface area contributed by atoms with E-state index in [9.17, 15) is 0 Å². The normalized spacial score (nSPS) is 28.9. The monoisotopic (exact) mass is 198 g/mol. The molecule has 0 heterocycles. The standard InChI is InChI=1S/C12H26N2/c1-4-10(3)9-14(5-2)12-7-6-11(12)8-13/h10-12H,4-9,13H2,1-3H3. The van der Waals surface area contributed by atoms with Crippen molar-refractivity contribution in [2.45, 2.75) is 46.1 Å². The number of hydrogen-bond donors (Lipinski definition) is 1. The maximum Gasteiger partial charge on any atom is 0.0136 e. The van der Waals surface area contributed by atoms with Crippen LogP contribution in [0.15, 0.2) is 0 Å². The summed E-state index contributed by atoms with van der Waals surface area (Å²) in [7, 11) is 0.